The molecule has 6 nitrogen and oxygen atoms in total. The quantitative estimate of drug-likeness (QED) is 0.586. The molecule has 25 heavy (non-hydrogen) atoms. The fourth-order valence-electron chi connectivity index (χ4n) is 2.08. The van der Waals surface area contributed by atoms with Crippen LogP contribution in [0.5, 0.6) is 0 Å². The van der Waals surface area contributed by atoms with E-state index >= 15 is 0 Å². The van der Waals surface area contributed by atoms with E-state index in [0.717, 1.165) is 5.56 Å². The number of amides is 1. The second-order valence-corrected chi connectivity index (χ2v) is 6.02. The van der Waals surface area contributed by atoms with Gasteiger partial charge in [0.2, 0.25) is 0 Å². The number of aryl methyl sites for hydroxylation is 1. The molecule has 1 aromatic carbocycles. The minimum absolute atomic E-state index is 0.286. The molecule has 7 heteroatoms. The van der Waals surface area contributed by atoms with Gasteiger partial charge < -0.3 is 9.64 Å². The fraction of sp³-hybridized carbons (Fsp3) is 0.278. The van der Waals surface area contributed by atoms with Crippen LogP contribution in [-0.2, 0) is 20.9 Å². The Balaban J connectivity index is 2.04. The van der Waals surface area contributed by atoms with E-state index in [9.17, 15) is 9.59 Å². The SMILES string of the molecule is Cc1nn(Cc2ccccc2)c(Cl)c1/C=C/C(=O)OCC(=O)N(C)C. The predicted molar refractivity (Wildman–Crippen MR) is 96.2 cm³/mol. The summed E-state index contributed by atoms with van der Waals surface area (Å²) in [5.74, 6) is -0.895. The summed E-state index contributed by atoms with van der Waals surface area (Å²) in [4.78, 5) is 24.5. The van der Waals surface area contributed by atoms with Crippen LogP contribution in [0.25, 0.3) is 6.08 Å². The molecule has 1 amide bonds. The van der Waals surface area contributed by atoms with Crippen molar-refractivity contribution in [2.75, 3.05) is 20.7 Å². The van der Waals surface area contributed by atoms with Crippen LogP contribution >= 0.6 is 11.6 Å². The molecule has 1 aromatic heterocycles. The van der Waals surface area contributed by atoms with Crippen molar-refractivity contribution in [3.05, 3.63) is 58.4 Å². The molecule has 0 fully saturated rings. The van der Waals surface area contributed by atoms with Gasteiger partial charge >= 0.3 is 5.97 Å². The van der Waals surface area contributed by atoms with Gasteiger partial charge in [0.05, 0.1) is 12.2 Å². The number of ether oxygens (including phenoxy) is 1. The lowest BCUT2D eigenvalue weighted by molar-refractivity contribution is -0.146. The van der Waals surface area contributed by atoms with Crippen molar-refractivity contribution in [2.24, 2.45) is 0 Å². The van der Waals surface area contributed by atoms with Gasteiger partial charge in [0.1, 0.15) is 5.15 Å². The Bertz CT molecular complexity index is 782. The molecular weight excluding hydrogens is 342 g/mol. The molecule has 2 aromatic rings. The Morgan fingerprint density at radius 1 is 1.28 bits per heavy atom. The lowest BCUT2D eigenvalue weighted by Crippen LogP contribution is -2.27. The minimum Gasteiger partial charge on any atom is -0.452 e. The lowest BCUT2D eigenvalue weighted by atomic mass is 10.2. The van der Waals surface area contributed by atoms with Crippen LogP contribution < -0.4 is 0 Å². The highest BCUT2D eigenvalue weighted by molar-refractivity contribution is 6.31. The third-order valence-corrected chi connectivity index (χ3v) is 3.91. The molecule has 0 radical (unpaired) electrons. The van der Waals surface area contributed by atoms with Gasteiger partial charge in [0.25, 0.3) is 5.91 Å². The number of aromatic nitrogens is 2. The topological polar surface area (TPSA) is 64.4 Å². The van der Waals surface area contributed by atoms with Crippen molar-refractivity contribution in [3.63, 3.8) is 0 Å². The van der Waals surface area contributed by atoms with Gasteiger partial charge in [-0.25, -0.2) is 9.48 Å². The van der Waals surface area contributed by atoms with Gasteiger partial charge in [-0.2, -0.15) is 5.10 Å². The molecule has 0 saturated heterocycles. The fourth-order valence-corrected chi connectivity index (χ4v) is 2.38. The third-order valence-electron chi connectivity index (χ3n) is 3.51. The van der Waals surface area contributed by atoms with E-state index in [1.807, 2.05) is 37.3 Å². The molecule has 0 unspecified atom stereocenters. The van der Waals surface area contributed by atoms with E-state index in [2.05, 4.69) is 5.10 Å². The van der Waals surface area contributed by atoms with Gasteiger partial charge in [-0.05, 0) is 18.6 Å². The molecule has 2 rings (SSSR count). The van der Waals surface area contributed by atoms with Crippen molar-refractivity contribution in [1.82, 2.24) is 14.7 Å². The zero-order valence-electron chi connectivity index (χ0n) is 14.4. The number of esters is 1. The molecule has 0 spiro atoms. The molecule has 0 aliphatic rings. The second kappa shape index (κ2) is 8.48. The van der Waals surface area contributed by atoms with Gasteiger partial charge in [-0.3, -0.25) is 4.79 Å². The predicted octanol–water partition coefficient (Wildman–Crippen LogP) is 2.54. The Labute approximate surface area is 151 Å². The van der Waals surface area contributed by atoms with E-state index in [1.54, 1.807) is 24.9 Å². The van der Waals surface area contributed by atoms with Crippen molar-refractivity contribution in [1.29, 1.82) is 0 Å². The Hall–Kier alpha value is -2.60. The van der Waals surface area contributed by atoms with E-state index < -0.39 is 5.97 Å². The average molecular weight is 362 g/mol. The number of hydrogen-bond donors (Lipinski definition) is 0. The number of nitrogens with zero attached hydrogens (tertiary/aromatic N) is 3. The van der Waals surface area contributed by atoms with Gasteiger partial charge in [0, 0.05) is 25.7 Å². The minimum atomic E-state index is -0.610. The number of benzene rings is 1. The first-order chi connectivity index (χ1) is 11.9. The normalized spacial score (nSPS) is 10.9. The number of hydrogen-bond acceptors (Lipinski definition) is 4. The van der Waals surface area contributed by atoms with Crippen LogP contribution in [0.4, 0.5) is 0 Å². The molecule has 0 saturated carbocycles. The van der Waals surface area contributed by atoms with E-state index in [1.165, 1.54) is 11.0 Å². The van der Waals surface area contributed by atoms with Crippen molar-refractivity contribution in [3.8, 4) is 0 Å². The molecule has 0 aliphatic heterocycles. The molecule has 0 aliphatic carbocycles. The number of likely N-dealkylation sites (N-methyl/N-ethyl adjacent to an activating group) is 1. The van der Waals surface area contributed by atoms with Gasteiger partial charge in [-0.15, -0.1) is 0 Å². The summed E-state index contributed by atoms with van der Waals surface area (Å²) < 4.78 is 6.56. The first-order valence-corrected chi connectivity index (χ1v) is 8.08. The first kappa shape index (κ1) is 18.7. The van der Waals surface area contributed by atoms with Gasteiger partial charge in [-0.1, -0.05) is 41.9 Å². The molecular formula is C18H20ClN3O3. The average Bonchev–Trinajstić information content (AvgIpc) is 2.85. The summed E-state index contributed by atoms with van der Waals surface area (Å²) in [5.41, 5.74) is 2.42. The van der Waals surface area contributed by atoms with E-state index in [0.29, 0.717) is 23.0 Å². The van der Waals surface area contributed by atoms with Crippen LogP contribution in [0.3, 0.4) is 0 Å². The van der Waals surface area contributed by atoms with Crippen molar-refractivity contribution < 1.29 is 14.3 Å². The Kier molecular flexibility index (Phi) is 6.36. The van der Waals surface area contributed by atoms with E-state index in [-0.39, 0.29) is 12.5 Å². The standard InChI is InChI=1S/C18H20ClN3O3/c1-13-15(9-10-17(24)25-12-16(23)21(2)3)18(19)22(20-13)11-14-7-5-4-6-8-14/h4-10H,11-12H2,1-3H3/b10-9+. The monoisotopic (exact) mass is 361 g/mol. The summed E-state index contributed by atoms with van der Waals surface area (Å²) >= 11 is 6.37. The van der Waals surface area contributed by atoms with Crippen LogP contribution in [0.1, 0.15) is 16.8 Å². The molecule has 132 valence electrons. The Morgan fingerprint density at radius 3 is 2.60 bits per heavy atom. The zero-order chi connectivity index (χ0) is 18.4. The summed E-state index contributed by atoms with van der Waals surface area (Å²) in [6.07, 6.45) is 2.79. The maximum Gasteiger partial charge on any atom is 0.331 e. The first-order valence-electron chi connectivity index (χ1n) is 7.70. The number of rotatable bonds is 6. The third kappa shape index (κ3) is 5.19. The van der Waals surface area contributed by atoms with Crippen molar-refractivity contribution in [2.45, 2.75) is 13.5 Å². The summed E-state index contributed by atoms with van der Waals surface area (Å²) in [5, 5.41) is 4.84. The number of carbonyl (C=O) groups excluding carboxylic acids is 2. The molecule has 0 atom stereocenters. The van der Waals surface area contributed by atoms with E-state index in [4.69, 9.17) is 16.3 Å². The summed E-state index contributed by atoms with van der Waals surface area (Å²) in [7, 11) is 3.19. The van der Waals surface area contributed by atoms with Crippen molar-refractivity contribution >= 4 is 29.6 Å². The van der Waals surface area contributed by atoms with Crippen LogP contribution in [0.15, 0.2) is 36.4 Å². The largest absolute Gasteiger partial charge is 0.452 e. The van der Waals surface area contributed by atoms with Crippen LogP contribution in [0, 0.1) is 6.92 Å². The number of halogens is 1. The van der Waals surface area contributed by atoms with Gasteiger partial charge in [0.15, 0.2) is 6.61 Å². The highest BCUT2D eigenvalue weighted by Crippen LogP contribution is 2.22. The molecule has 1 heterocycles. The molecule has 0 bridgehead atoms. The maximum absolute atomic E-state index is 11.7. The highest BCUT2D eigenvalue weighted by Gasteiger charge is 2.12. The number of carbonyl (C=O) groups is 2. The van der Waals surface area contributed by atoms with Crippen LogP contribution in [-0.4, -0.2) is 47.3 Å². The smallest absolute Gasteiger partial charge is 0.331 e. The summed E-state index contributed by atoms with van der Waals surface area (Å²) in [6.45, 7) is 2.06. The second-order valence-electron chi connectivity index (χ2n) is 5.66. The maximum atomic E-state index is 11.7. The highest BCUT2D eigenvalue weighted by atomic mass is 35.5. The molecule has 0 N–H and O–H groups in total. The van der Waals surface area contributed by atoms with Crippen LogP contribution in [0.2, 0.25) is 5.15 Å². The Morgan fingerprint density at radius 2 is 1.96 bits per heavy atom. The summed E-state index contributed by atoms with van der Waals surface area (Å²) in [6, 6.07) is 9.82. The zero-order valence-corrected chi connectivity index (χ0v) is 15.2. The lowest BCUT2D eigenvalue weighted by Gasteiger charge is -2.09.